The van der Waals surface area contributed by atoms with E-state index in [0.29, 0.717) is 52.7 Å². The van der Waals surface area contributed by atoms with Crippen LogP contribution in [-0.2, 0) is 6.42 Å². The Labute approximate surface area is 204 Å². The first kappa shape index (κ1) is 23.5. The van der Waals surface area contributed by atoms with Crippen molar-refractivity contribution in [3.8, 4) is 11.3 Å². The van der Waals surface area contributed by atoms with Crippen molar-refractivity contribution in [2.24, 2.45) is 0 Å². The van der Waals surface area contributed by atoms with E-state index in [2.05, 4.69) is 0 Å². The highest BCUT2D eigenvalue weighted by atomic mass is 35.5. The predicted molar refractivity (Wildman–Crippen MR) is 136 cm³/mol. The zero-order valence-electron chi connectivity index (χ0n) is 19.3. The van der Waals surface area contributed by atoms with Crippen LogP contribution in [0.5, 0.6) is 0 Å². The lowest BCUT2D eigenvalue weighted by Crippen LogP contribution is -2.31. The molecule has 0 fully saturated rings. The van der Waals surface area contributed by atoms with Crippen molar-refractivity contribution in [2.45, 2.75) is 20.3 Å². The van der Waals surface area contributed by atoms with Gasteiger partial charge in [-0.25, -0.2) is 0 Å². The SMILES string of the molecule is CCN(CC)C(=O)c1c(-c2ccccc2)oc(Cc2ccccc2)c1C(=O)c1ccc(Cl)cc1. The molecule has 0 spiro atoms. The van der Waals surface area contributed by atoms with Gasteiger partial charge in [0, 0.05) is 35.7 Å². The van der Waals surface area contributed by atoms with Gasteiger partial charge in [0.2, 0.25) is 0 Å². The zero-order chi connectivity index (χ0) is 24.1. The molecule has 3 aromatic carbocycles. The molecule has 0 atom stereocenters. The van der Waals surface area contributed by atoms with Crippen LogP contribution in [0.2, 0.25) is 5.02 Å². The summed E-state index contributed by atoms with van der Waals surface area (Å²) in [5, 5.41) is 0.540. The lowest BCUT2D eigenvalue weighted by molar-refractivity contribution is 0.0769. The van der Waals surface area contributed by atoms with Crippen LogP contribution in [0.25, 0.3) is 11.3 Å². The zero-order valence-corrected chi connectivity index (χ0v) is 20.0. The Balaban J connectivity index is 1.97. The second-order valence-electron chi connectivity index (χ2n) is 7.95. The molecule has 0 saturated heterocycles. The van der Waals surface area contributed by atoms with Gasteiger partial charge in [0.15, 0.2) is 5.78 Å². The van der Waals surface area contributed by atoms with Crippen molar-refractivity contribution in [1.82, 2.24) is 4.90 Å². The molecule has 0 aliphatic heterocycles. The molecule has 5 heteroatoms. The summed E-state index contributed by atoms with van der Waals surface area (Å²) in [5.74, 6) is 0.412. The molecule has 4 aromatic rings. The Morgan fingerprint density at radius 3 is 1.97 bits per heavy atom. The molecule has 4 nitrogen and oxygen atoms in total. The molecule has 4 rings (SSSR count). The van der Waals surface area contributed by atoms with Crippen LogP contribution in [0.3, 0.4) is 0 Å². The third kappa shape index (κ3) is 4.82. The van der Waals surface area contributed by atoms with Crippen LogP contribution in [0, 0.1) is 0 Å². The molecule has 0 radical (unpaired) electrons. The number of hydrogen-bond donors (Lipinski definition) is 0. The van der Waals surface area contributed by atoms with Crippen molar-refractivity contribution < 1.29 is 14.0 Å². The van der Waals surface area contributed by atoms with Crippen LogP contribution in [0.1, 0.15) is 51.5 Å². The molecule has 0 aliphatic carbocycles. The molecule has 0 N–H and O–H groups in total. The molecule has 34 heavy (non-hydrogen) atoms. The molecule has 0 saturated carbocycles. The first-order chi connectivity index (χ1) is 16.5. The third-order valence-corrected chi connectivity index (χ3v) is 6.07. The van der Waals surface area contributed by atoms with Gasteiger partial charge in [-0.05, 0) is 43.7 Å². The van der Waals surface area contributed by atoms with Gasteiger partial charge in [0.05, 0.1) is 11.1 Å². The average molecular weight is 472 g/mol. The predicted octanol–water partition coefficient (Wildman–Crippen LogP) is 6.90. The van der Waals surface area contributed by atoms with E-state index in [9.17, 15) is 9.59 Å². The Bertz CT molecular complexity index is 1270. The summed E-state index contributed by atoms with van der Waals surface area (Å²) in [6, 6.07) is 26.0. The van der Waals surface area contributed by atoms with Crippen LogP contribution < -0.4 is 0 Å². The first-order valence-corrected chi connectivity index (χ1v) is 11.8. The molecule has 0 bridgehead atoms. The summed E-state index contributed by atoms with van der Waals surface area (Å²) < 4.78 is 6.37. The summed E-state index contributed by atoms with van der Waals surface area (Å²) in [6.45, 7) is 4.90. The summed E-state index contributed by atoms with van der Waals surface area (Å²) in [6.07, 6.45) is 0.390. The lowest BCUT2D eigenvalue weighted by Gasteiger charge is -2.19. The van der Waals surface area contributed by atoms with E-state index in [-0.39, 0.29) is 11.7 Å². The number of amides is 1. The van der Waals surface area contributed by atoms with E-state index in [1.165, 1.54) is 0 Å². The fraction of sp³-hybridized carbons (Fsp3) is 0.172. The Morgan fingerprint density at radius 1 is 0.794 bits per heavy atom. The lowest BCUT2D eigenvalue weighted by atomic mass is 9.94. The maximum absolute atomic E-state index is 13.9. The van der Waals surface area contributed by atoms with Crippen molar-refractivity contribution in [3.63, 3.8) is 0 Å². The van der Waals surface area contributed by atoms with Crippen LogP contribution in [0.4, 0.5) is 0 Å². The summed E-state index contributed by atoms with van der Waals surface area (Å²) in [7, 11) is 0. The van der Waals surface area contributed by atoms with Gasteiger partial charge >= 0.3 is 0 Å². The summed E-state index contributed by atoms with van der Waals surface area (Å²) >= 11 is 6.06. The summed E-state index contributed by atoms with van der Waals surface area (Å²) in [5.41, 5.74) is 2.81. The Hall–Kier alpha value is -3.63. The number of carbonyl (C=O) groups is 2. The van der Waals surface area contributed by atoms with Gasteiger partial charge in [0.25, 0.3) is 5.91 Å². The number of rotatable bonds is 8. The molecule has 0 unspecified atom stereocenters. The fourth-order valence-electron chi connectivity index (χ4n) is 4.04. The highest BCUT2D eigenvalue weighted by molar-refractivity contribution is 6.30. The van der Waals surface area contributed by atoms with Crippen LogP contribution in [-0.4, -0.2) is 29.7 Å². The Kier molecular flexibility index (Phi) is 7.29. The second-order valence-corrected chi connectivity index (χ2v) is 8.38. The number of furan rings is 1. The minimum absolute atomic E-state index is 0.218. The third-order valence-electron chi connectivity index (χ3n) is 5.82. The number of hydrogen-bond acceptors (Lipinski definition) is 3. The quantitative estimate of drug-likeness (QED) is 0.262. The van der Waals surface area contributed by atoms with E-state index in [0.717, 1.165) is 11.1 Å². The number of carbonyl (C=O) groups excluding carboxylic acids is 2. The fourth-order valence-corrected chi connectivity index (χ4v) is 4.16. The molecule has 1 heterocycles. The molecule has 1 amide bonds. The van der Waals surface area contributed by atoms with Gasteiger partial charge in [-0.15, -0.1) is 0 Å². The number of halogens is 1. The molecule has 172 valence electrons. The Morgan fingerprint density at radius 2 is 1.38 bits per heavy atom. The minimum Gasteiger partial charge on any atom is -0.459 e. The van der Waals surface area contributed by atoms with Crippen molar-refractivity contribution in [3.05, 3.63) is 118 Å². The van der Waals surface area contributed by atoms with E-state index in [4.69, 9.17) is 16.0 Å². The summed E-state index contributed by atoms with van der Waals surface area (Å²) in [4.78, 5) is 29.3. The maximum Gasteiger partial charge on any atom is 0.258 e. The topological polar surface area (TPSA) is 50.5 Å². The molecule has 1 aromatic heterocycles. The highest BCUT2D eigenvalue weighted by Crippen LogP contribution is 2.35. The van der Waals surface area contributed by atoms with E-state index < -0.39 is 0 Å². The standard InChI is InChI=1S/C29H26ClNO3/c1-3-31(4-2)29(33)26-25(27(32)21-15-17-23(30)18-16-21)24(19-20-11-7-5-8-12-20)34-28(26)22-13-9-6-10-14-22/h5-18H,3-4,19H2,1-2H3. The van der Waals surface area contributed by atoms with Gasteiger partial charge in [-0.1, -0.05) is 72.3 Å². The van der Waals surface area contributed by atoms with E-state index in [1.807, 2.05) is 74.5 Å². The minimum atomic E-state index is -0.260. The largest absolute Gasteiger partial charge is 0.459 e. The number of nitrogens with zero attached hydrogens (tertiary/aromatic N) is 1. The van der Waals surface area contributed by atoms with Crippen molar-refractivity contribution in [2.75, 3.05) is 13.1 Å². The van der Waals surface area contributed by atoms with Gasteiger partial charge < -0.3 is 9.32 Å². The van der Waals surface area contributed by atoms with Gasteiger partial charge in [-0.2, -0.15) is 0 Å². The van der Waals surface area contributed by atoms with Crippen LogP contribution in [0.15, 0.2) is 89.3 Å². The number of benzene rings is 3. The normalized spacial score (nSPS) is 10.8. The average Bonchev–Trinajstić information content (AvgIpc) is 3.25. The van der Waals surface area contributed by atoms with E-state index in [1.54, 1.807) is 29.2 Å². The van der Waals surface area contributed by atoms with Crippen LogP contribution >= 0.6 is 11.6 Å². The monoisotopic (exact) mass is 471 g/mol. The first-order valence-electron chi connectivity index (χ1n) is 11.4. The second kappa shape index (κ2) is 10.5. The van der Waals surface area contributed by atoms with Gasteiger partial charge in [-0.3, -0.25) is 9.59 Å². The highest BCUT2D eigenvalue weighted by Gasteiger charge is 2.33. The smallest absolute Gasteiger partial charge is 0.258 e. The number of ketones is 1. The molecular weight excluding hydrogens is 446 g/mol. The molecule has 0 aliphatic rings. The molecular formula is C29H26ClNO3. The van der Waals surface area contributed by atoms with Crippen molar-refractivity contribution >= 4 is 23.3 Å². The van der Waals surface area contributed by atoms with E-state index >= 15 is 0 Å². The van der Waals surface area contributed by atoms with Crippen molar-refractivity contribution in [1.29, 1.82) is 0 Å². The van der Waals surface area contributed by atoms with Gasteiger partial charge in [0.1, 0.15) is 11.5 Å². The maximum atomic E-state index is 13.9.